The number of nitrogens with two attached hydrogens (primary N) is 1. The molecule has 6 nitrogen and oxygen atoms in total. The van der Waals surface area contributed by atoms with E-state index in [2.05, 4.69) is 28.7 Å². The highest BCUT2D eigenvalue weighted by Gasteiger charge is 2.17. The van der Waals surface area contributed by atoms with Crippen molar-refractivity contribution in [2.24, 2.45) is 0 Å². The molecular weight excluding hydrogens is 230 g/mol. The van der Waals surface area contributed by atoms with Gasteiger partial charge in [-0.3, -0.25) is 0 Å². The lowest BCUT2D eigenvalue weighted by molar-refractivity contribution is 0.203. The van der Waals surface area contributed by atoms with Gasteiger partial charge in [0, 0.05) is 32.1 Å². The van der Waals surface area contributed by atoms with Crippen LogP contribution in [0, 0.1) is 0 Å². The van der Waals surface area contributed by atoms with Gasteiger partial charge >= 0.3 is 0 Å². The van der Waals surface area contributed by atoms with E-state index in [-0.39, 0.29) is 0 Å². The third kappa shape index (κ3) is 2.38. The first kappa shape index (κ1) is 12.6. The number of rotatable bonds is 5. The van der Waals surface area contributed by atoms with Crippen LogP contribution in [-0.4, -0.2) is 40.7 Å². The molecule has 6 heteroatoms. The van der Waals surface area contributed by atoms with Crippen molar-refractivity contribution in [1.29, 1.82) is 0 Å². The first-order valence-corrected chi connectivity index (χ1v) is 5.98. The Labute approximate surface area is 106 Å². The average Bonchev–Trinajstić information content (AvgIpc) is 2.76. The Balaban J connectivity index is 2.45. The highest BCUT2D eigenvalue weighted by atomic mass is 16.5. The summed E-state index contributed by atoms with van der Waals surface area (Å²) in [4.78, 5) is 10.9. The highest BCUT2D eigenvalue weighted by molar-refractivity contribution is 5.66. The molecule has 0 bridgehead atoms. The number of anilines is 2. The Morgan fingerprint density at radius 2 is 2.28 bits per heavy atom. The summed E-state index contributed by atoms with van der Waals surface area (Å²) in [5.41, 5.74) is 6.65. The van der Waals surface area contributed by atoms with Crippen LogP contribution in [0.5, 0.6) is 0 Å². The molecule has 18 heavy (non-hydrogen) atoms. The molecule has 0 atom stereocenters. The van der Waals surface area contributed by atoms with Crippen molar-refractivity contribution in [3.8, 4) is 0 Å². The van der Waals surface area contributed by atoms with Crippen LogP contribution in [0.3, 0.4) is 0 Å². The molecule has 0 saturated heterocycles. The fourth-order valence-corrected chi connectivity index (χ4v) is 1.93. The van der Waals surface area contributed by atoms with Crippen LogP contribution in [-0.2, 0) is 4.74 Å². The van der Waals surface area contributed by atoms with Gasteiger partial charge in [0.2, 0.25) is 0 Å². The molecule has 0 aliphatic heterocycles. The van der Waals surface area contributed by atoms with E-state index in [1.165, 1.54) is 0 Å². The molecular formula is C12H19N5O. The summed E-state index contributed by atoms with van der Waals surface area (Å²) in [5, 5.41) is 0. The molecule has 0 unspecified atom stereocenters. The lowest BCUT2D eigenvalue weighted by Crippen LogP contribution is -2.35. The summed E-state index contributed by atoms with van der Waals surface area (Å²) in [7, 11) is 1.69. The van der Waals surface area contributed by atoms with Gasteiger partial charge < -0.3 is 19.8 Å². The van der Waals surface area contributed by atoms with Crippen molar-refractivity contribution >= 4 is 17.3 Å². The van der Waals surface area contributed by atoms with E-state index in [9.17, 15) is 0 Å². The van der Waals surface area contributed by atoms with Crippen LogP contribution in [0.15, 0.2) is 18.6 Å². The second-order valence-electron chi connectivity index (χ2n) is 4.43. The maximum atomic E-state index is 5.83. The first-order valence-electron chi connectivity index (χ1n) is 5.98. The van der Waals surface area contributed by atoms with Crippen LogP contribution in [0.25, 0.3) is 5.65 Å². The minimum Gasteiger partial charge on any atom is -0.383 e. The van der Waals surface area contributed by atoms with Gasteiger partial charge in [0.1, 0.15) is 5.82 Å². The normalized spacial score (nSPS) is 11.3. The van der Waals surface area contributed by atoms with Gasteiger partial charge in [-0.25, -0.2) is 9.97 Å². The highest BCUT2D eigenvalue weighted by Crippen LogP contribution is 2.21. The van der Waals surface area contributed by atoms with Crippen LogP contribution >= 0.6 is 0 Å². The second kappa shape index (κ2) is 5.22. The smallest absolute Gasteiger partial charge is 0.180 e. The maximum absolute atomic E-state index is 5.83. The van der Waals surface area contributed by atoms with Crippen molar-refractivity contribution in [3.05, 3.63) is 18.6 Å². The molecule has 2 aromatic rings. The number of imidazole rings is 1. The van der Waals surface area contributed by atoms with E-state index in [1.54, 1.807) is 19.5 Å². The number of hydrogen-bond donors (Lipinski definition) is 1. The molecule has 0 aliphatic carbocycles. The van der Waals surface area contributed by atoms with Gasteiger partial charge in [0.15, 0.2) is 11.5 Å². The van der Waals surface area contributed by atoms with Gasteiger partial charge in [0.25, 0.3) is 0 Å². The molecule has 2 heterocycles. The molecule has 0 aromatic carbocycles. The quantitative estimate of drug-likeness (QED) is 0.861. The van der Waals surface area contributed by atoms with Crippen LogP contribution in [0.1, 0.15) is 13.8 Å². The molecule has 2 N–H and O–H groups in total. The lowest BCUT2D eigenvalue weighted by Gasteiger charge is -2.27. The van der Waals surface area contributed by atoms with Crippen LogP contribution < -0.4 is 10.6 Å². The van der Waals surface area contributed by atoms with E-state index in [0.717, 1.165) is 18.0 Å². The summed E-state index contributed by atoms with van der Waals surface area (Å²) in [5.74, 6) is 1.28. The standard InChI is InChI=1S/C12H19N5O/c1-9(2)17(6-7-18-3)12-11-14-4-5-16(11)8-10(13)15-12/h4-5,8-9H,6-7,13H2,1-3H3. The minimum absolute atomic E-state index is 0.301. The SMILES string of the molecule is COCCN(c1nc(N)cn2ccnc12)C(C)C. The van der Waals surface area contributed by atoms with E-state index in [0.29, 0.717) is 18.5 Å². The zero-order valence-corrected chi connectivity index (χ0v) is 11.0. The molecule has 0 radical (unpaired) electrons. The van der Waals surface area contributed by atoms with Gasteiger partial charge in [-0.1, -0.05) is 0 Å². The van der Waals surface area contributed by atoms with E-state index >= 15 is 0 Å². The number of nitrogen functional groups attached to an aromatic ring is 1. The zero-order valence-electron chi connectivity index (χ0n) is 11.0. The van der Waals surface area contributed by atoms with E-state index in [1.807, 2.05) is 10.6 Å². The van der Waals surface area contributed by atoms with Gasteiger partial charge in [-0.2, -0.15) is 0 Å². The maximum Gasteiger partial charge on any atom is 0.180 e. The topological polar surface area (TPSA) is 68.7 Å². The summed E-state index contributed by atoms with van der Waals surface area (Å²) in [6.45, 7) is 5.62. The lowest BCUT2D eigenvalue weighted by atomic mass is 10.3. The second-order valence-corrected chi connectivity index (χ2v) is 4.43. The molecule has 0 fully saturated rings. The summed E-state index contributed by atoms with van der Waals surface area (Å²) < 4.78 is 7.03. The van der Waals surface area contributed by atoms with E-state index < -0.39 is 0 Å². The molecule has 98 valence electrons. The Morgan fingerprint density at radius 3 is 2.94 bits per heavy atom. The first-order chi connectivity index (χ1) is 8.63. The monoisotopic (exact) mass is 249 g/mol. The number of fused-ring (bicyclic) bond motifs is 1. The third-order valence-corrected chi connectivity index (χ3v) is 2.81. The molecule has 2 aromatic heterocycles. The zero-order chi connectivity index (χ0) is 13.1. The van der Waals surface area contributed by atoms with Crippen molar-refractivity contribution in [1.82, 2.24) is 14.4 Å². The molecule has 2 rings (SSSR count). The largest absolute Gasteiger partial charge is 0.383 e. The summed E-state index contributed by atoms with van der Waals surface area (Å²) >= 11 is 0. The Morgan fingerprint density at radius 1 is 1.50 bits per heavy atom. The number of methoxy groups -OCH3 is 1. The van der Waals surface area contributed by atoms with Crippen molar-refractivity contribution in [3.63, 3.8) is 0 Å². The van der Waals surface area contributed by atoms with Crippen LogP contribution in [0.2, 0.25) is 0 Å². The number of hydrogen-bond acceptors (Lipinski definition) is 5. The van der Waals surface area contributed by atoms with Crippen molar-refractivity contribution in [2.75, 3.05) is 30.9 Å². The van der Waals surface area contributed by atoms with Crippen molar-refractivity contribution in [2.45, 2.75) is 19.9 Å². The molecule has 0 saturated carbocycles. The predicted octanol–water partition coefficient (Wildman–Crippen LogP) is 1.17. The summed E-state index contributed by atoms with van der Waals surface area (Å²) in [6.07, 6.45) is 5.38. The van der Waals surface area contributed by atoms with Gasteiger partial charge in [-0.05, 0) is 13.8 Å². The third-order valence-electron chi connectivity index (χ3n) is 2.81. The Bertz CT molecular complexity index is 522. The molecule has 0 spiro atoms. The Kier molecular flexibility index (Phi) is 3.66. The minimum atomic E-state index is 0.301. The fourth-order valence-electron chi connectivity index (χ4n) is 1.93. The number of nitrogens with zero attached hydrogens (tertiary/aromatic N) is 4. The average molecular weight is 249 g/mol. The number of aromatic nitrogens is 3. The molecule has 0 amide bonds. The number of ether oxygens (including phenoxy) is 1. The van der Waals surface area contributed by atoms with Gasteiger partial charge in [0.05, 0.1) is 12.8 Å². The van der Waals surface area contributed by atoms with E-state index in [4.69, 9.17) is 10.5 Å². The van der Waals surface area contributed by atoms with Gasteiger partial charge in [-0.15, -0.1) is 0 Å². The predicted molar refractivity (Wildman–Crippen MR) is 71.8 cm³/mol. The summed E-state index contributed by atoms with van der Waals surface area (Å²) in [6, 6.07) is 0.301. The fraction of sp³-hybridized carbons (Fsp3) is 0.500. The van der Waals surface area contributed by atoms with Crippen molar-refractivity contribution < 1.29 is 4.74 Å². The molecule has 0 aliphatic rings. The Hall–Kier alpha value is -1.82. The van der Waals surface area contributed by atoms with Crippen LogP contribution in [0.4, 0.5) is 11.6 Å².